The molecule has 1 saturated heterocycles. The lowest BCUT2D eigenvalue weighted by Crippen LogP contribution is -2.51. The van der Waals surface area contributed by atoms with E-state index in [1.807, 2.05) is 20.8 Å². The second-order valence-electron chi connectivity index (χ2n) is 7.16. The number of sulfonamides is 1. The van der Waals surface area contributed by atoms with Crippen LogP contribution in [0.15, 0.2) is 23.1 Å². The lowest BCUT2D eigenvalue weighted by atomic mass is 9.99. The second-order valence-corrected chi connectivity index (χ2v) is 9.25. The van der Waals surface area contributed by atoms with Crippen molar-refractivity contribution < 1.29 is 17.9 Å². The summed E-state index contributed by atoms with van der Waals surface area (Å²) in [6, 6.07) is 3.87. The maximum atomic E-state index is 12.8. The summed E-state index contributed by atoms with van der Waals surface area (Å²) in [7, 11) is -3.92. The third-order valence-corrected chi connectivity index (χ3v) is 6.91. The van der Waals surface area contributed by atoms with Crippen LogP contribution in [0.4, 0.5) is 0 Å². The van der Waals surface area contributed by atoms with Gasteiger partial charge < -0.3 is 10.1 Å². The lowest BCUT2D eigenvalue weighted by molar-refractivity contribution is -0.123. The predicted octanol–water partition coefficient (Wildman–Crippen LogP) is 1.79. The molecule has 1 amide bonds. The van der Waals surface area contributed by atoms with Gasteiger partial charge in [0.2, 0.25) is 15.9 Å². The van der Waals surface area contributed by atoms with Gasteiger partial charge in [-0.2, -0.15) is 4.72 Å². The Morgan fingerprint density at radius 2 is 2.00 bits per heavy atom. The molecule has 0 saturated carbocycles. The summed E-state index contributed by atoms with van der Waals surface area (Å²) in [5, 5.41) is 3.00. The van der Waals surface area contributed by atoms with E-state index in [9.17, 15) is 13.2 Å². The van der Waals surface area contributed by atoms with Crippen LogP contribution < -0.4 is 10.0 Å². The Balaban J connectivity index is 2.04. The summed E-state index contributed by atoms with van der Waals surface area (Å²) < 4.78 is 33.5. The maximum absolute atomic E-state index is 12.8. The molecule has 1 fully saturated rings. The second kappa shape index (κ2) is 10.5. The molecule has 9 heteroatoms. The number of carbonyl (C=O) groups excluding carboxylic acids is 1. The monoisotopic (exact) mass is 431 g/mol. The number of hydrogen-bond acceptors (Lipinski definition) is 5. The fourth-order valence-electron chi connectivity index (χ4n) is 2.99. The molecule has 0 bridgehead atoms. The van der Waals surface area contributed by atoms with E-state index >= 15 is 0 Å². The van der Waals surface area contributed by atoms with Crippen LogP contribution in [0.25, 0.3) is 0 Å². The summed E-state index contributed by atoms with van der Waals surface area (Å²) in [6.45, 7) is 9.84. The molecular formula is C19H30ClN3O4S. The minimum absolute atomic E-state index is 0.0193. The van der Waals surface area contributed by atoms with E-state index in [1.54, 1.807) is 12.1 Å². The number of carbonyl (C=O) groups is 1. The highest BCUT2D eigenvalue weighted by Crippen LogP contribution is 2.23. The highest BCUT2D eigenvalue weighted by atomic mass is 35.5. The van der Waals surface area contributed by atoms with Gasteiger partial charge in [0.25, 0.3) is 0 Å². The van der Waals surface area contributed by atoms with Crippen molar-refractivity contribution >= 4 is 27.5 Å². The van der Waals surface area contributed by atoms with E-state index in [2.05, 4.69) is 14.9 Å². The summed E-state index contributed by atoms with van der Waals surface area (Å²) in [5.41, 5.74) is 0.864. The quantitative estimate of drug-likeness (QED) is 0.622. The summed E-state index contributed by atoms with van der Waals surface area (Å²) in [4.78, 5) is 14.9. The third kappa shape index (κ3) is 6.42. The van der Waals surface area contributed by atoms with Gasteiger partial charge in [0.1, 0.15) is 10.9 Å². The van der Waals surface area contributed by atoms with Crippen molar-refractivity contribution in [3.8, 4) is 0 Å². The Hall–Kier alpha value is -1.19. The molecule has 0 spiro atoms. The fourth-order valence-corrected chi connectivity index (χ4v) is 4.89. The lowest BCUT2D eigenvalue weighted by Gasteiger charge is -2.27. The Morgan fingerprint density at radius 1 is 1.32 bits per heavy atom. The maximum Gasteiger partial charge on any atom is 0.242 e. The van der Waals surface area contributed by atoms with E-state index in [0.29, 0.717) is 32.7 Å². The van der Waals surface area contributed by atoms with Crippen LogP contribution in [0.5, 0.6) is 0 Å². The molecule has 2 rings (SSSR count). The van der Waals surface area contributed by atoms with Gasteiger partial charge in [-0.05, 0) is 30.5 Å². The first-order valence-electron chi connectivity index (χ1n) is 9.61. The van der Waals surface area contributed by atoms with Crippen molar-refractivity contribution in [1.29, 1.82) is 0 Å². The standard InChI is InChI=1S/C19H30ClN3O4S/c1-4-15(3)18(19(24)21-7-8-23-9-11-27-12-10-23)22-28(25,26)17-6-5-14(2)13-16(17)20/h5-6,13,15,18,22H,4,7-12H2,1-3H3,(H,21,24)/t15-,18+/m0/s1. The van der Waals surface area contributed by atoms with Crippen molar-refractivity contribution in [1.82, 2.24) is 14.9 Å². The summed E-state index contributed by atoms with van der Waals surface area (Å²) in [6.07, 6.45) is 0.658. The number of aryl methyl sites for hydroxylation is 1. The minimum atomic E-state index is -3.92. The highest BCUT2D eigenvalue weighted by molar-refractivity contribution is 7.89. The number of benzene rings is 1. The van der Waals surface area contributed by atoms with Crippen molar-refractivity contribution in [2.75, 3.05) is 39.4 Å². The molecular weight excluding hydrogens is 402 g/mol. The average molecular weight is 432 g/mol. The van der Waals surface area contributed by atoms with Gasteiger partial charge in [0, 0.05) is 26.2 Å². The summed E-state index contributed by atoms with van der Waals surface area (Å²) in [5.74, 6) is -0.489. The molecule has 1 aromatic rings. The number of ether oxygens (including phenoxy) is 1. The summed E-state index contributed by atoms with van der Waals surface area (Å²) >= 11 is 6.12. The Morgan fingerprint density at radius 3 is 2.61 bits per heavy atom. The zero-order chi connectivity index (χ0) is 20.7. The van der Waals surface area contributed by atoms with Gasteiger partial charge in [-0.15, -0.1) is 0 Å². The van der Waals surface area contributed by atoms with Gasteiger partial charge in [0.05, 0.1) is 18.2 Å². The van der Waals surface area contributed by atoms with Crippen LogP contribution in [-0.4, -0.2) is 64.7 Å². The van der Waals surface area contributed by atoms with Gasteiger partial charge >= 0.3 is 0 Å². The van der Waals surface area contributed by atoms with Crippen molar-refractivity contribution in [3.63, 3.8) is 0 Å². The Kier molecular flexibility index (Phi) is 8.70. The van der Waals surface area contributed by atoms with Gasteiger partial charge in [0.15, 0.2) is 0 Å². The number of nitrogens with zero attached hydrogens (tertiary/aromatic N) is 1. The van der Waals surface area contributed by atoms with E-state index in [4.69, 9.17) is 16.3 Å². The largest absolute Gasteiger partial charge is 0.379 e. The smallest absolute Gasteiger partial charge is 0.242 e. The zero-order valence-corrected chi connectivity index (χ0v) is 18.3. The third-order valence-electron chi connectivity index (χ3n) is 4.99. The average Bonchev–Trinajstić information content (AvgIpc) is 2.66. The minimum Gasteiger partial charge on any atom is -0.379 e. The van der Waals surface area contributed by atoms with Crippen LogP contribution in [0, 0.1) is 12.8 Å². The van der Waals surface area contributed by atoms with E-state index < -0.39 is 16.1 Å². The van der Waals surface area contributed by atoms with Gasteiger partial charge in [-0.3, -0.25) is 9.69 Å². The molecule has 1 heterocycles. The SMILES string of the molecule is CC[C@H](C)[C@@H](NS(=O)(=O)c1ccc(C)cc1Cl)C(=O)NCCN1CCOCC1. The molecule has 0 aromatic heterocycles. The fraction of sp³-hybridized carbons (Fsp3) is 0.632. The predicted molar refractivity (Wildman–Crippen MR) is 110 cm³/mol. The highest BCUT2D eigenvalue weighted by Gasteiger charge is 2.30. The topological polar surface area (TPSA) is 87.7 Å². The van der Waals surface area contributed by atoms with Crippen LogP contribution in [0.1, 0.15) is 25.8 Å². The number of amides is 1. The van der Waals surface area contributed by atoms with Crippen molar-refractivity contribution in [2.45, 2.75) is 38.1 Å². The molecule has 7 nitrogen and oxygen atoms in total. The number of hydrogen-bond donors (Lipinski definition) is 2. The van der Waals surface area contributed by atoms with Crippen molar-refractivity contribution in [3.05, 3.63) is 28.8 Å². The van der Waals surface area contributed by atoms with Crippen LogP contribution in [0.3, 0.4) is 0 Å². The van der Waals surface area contributed by atoms with Gasteiger partial charge in [-0.1, -0.05) is 37.9 Å². The Labute approximate surface area is 172 Å². The van der Waals surface area contributed by atoms with Crippen molar-refractivity contribution in [2.24, 2.45) is 5.92 Å². The molecule has 2 N–H and O–H groups in total. The number of rotatable bonds is 9. The molecule has 1 aromatic carbocycles. The van der Waals surface area contributed by atoms with E-state index in [0.717, 1.165) is 18.7 Å². The van der Waals surface area contributed by atoms with E-state index in [-0.39, 0.29) is 21.7 Å². The molecule has 0 aliphatic carbocycles. The molecule has 1 aliphatic heterocycles. The van der Waals surface area contributed by atoms with Gasteiger partial charge in [-0.25, -0.2) is 8.42 Å². The Bertz CT molecular complexity index is 766. The number of morpholine rings is 1. The van der Waals surface area contributed by atoms with Crippen LogP contribution in [0.2, 0.25) is 5.02 Å². The van der Waals surface area contributed by atoms with Crippen LogP contribution >= 0.6 is 11.6 Å². The number of halogens is 1. The molecule has 0 radical (unpaired) electrons. The number of nitrogens with one attached hydrogen (secondary N) is 2. The molecule has 1 aliphatic rings. The first kappa shape index (κ1) is 23.1. The van der Waals surface area contributed by atoms with E-state index in [1.165, 1.54) is 6.07 Å². The zero-order valence-electron chi connectivity index (χ0n) is 16.7. The molecule has 0 unspecified atom stereocenters. The van der Waals surface area contributed by atoms with Crippen LogP contribution in [-0.2, 0) is 19.6 Å². The molecule has 158 valence electrons. The molecule has 28 heavy (non-hydrogen) atoms. The molecule has 2 atom stereocenters. The normalized spacial score (nSPS) is 17.9. The first-order valence-corrected chi connectivity index (χ1v) is 11.5. The first-order chi connectivity index (χ1) is 13.2.